The number of amides is 2. The van der Waals surface area contributed by atoms with E-state index >= 15 is 0 Å². The zero-order valence-electron chi connectivity index (χ0n) is 14.0. The van der Waals surface area contributed by atoms with Gasteiger partial charge in [0.2, 0.25) is 11.8 Å². The van der Waals surface area contributed by atoms with Crippen molar-refractivity contribution < 1.29 is 19.5 Å². The standard InChI is InChI=1S/C17H24N2O4S/c1-12(10-16(21)22)18-17(23)14(8-9-24-2)19-15(20)11-13-6-4-3-5-7-13/h3-7,12,14H,8-11H2,1-2H3,(H,18,23)(H,19,20)(H,21,22). The van der Waals surface area contributed by atoms with Crippen molar-refractivity contribution in [1.82, 2.24) is 10.6 Å². The van der Waals surface area contributed by atoms with Gasteiger partial charge in [-0.25, -0.2) is 0 Å². The minimum Gasteiger partial charge on any atom is -0.481 e. The van der Waals surface area contributed by atoms with Crippen molar-refractivity contribution >= 4 is 29.5 Å². The SMILES string of the molecule is CSCCC(NC(=O)Cc1ccccc1)C(=O)NC(C)CC(=O)O. The highest BCUT2D eigenvalue weighted by atomic mass is 32.2. The second kappa shape index (κ2) is 10.7. The van der Waals surface area contributed by atoms with Crippen LogP contribution in [0.2, 0.25) is 0 Å². The Hall–Kier alpha value is -2.02. The van der Waals surface area contributed by atoms with Gasteiger partial charge >= 0.3 is 5.97 Å². The van der Waals surface area contributed by atoms with Crippen molar-refractivity contribution in [2.45, 2.75) is 38.3 Å². The number of nitrogens with one attached hydrogen (secondary N) is 2. The van der Waals surface area contributed by atoms with Crippen molar-refractivity contribution in [3.8, 4) is 0 Å². The minimum atomic E-state index is -0.975. The molecule has 0 aliphatic heterocycles. The van der Waals surface area contributed by atoms with Crippen LogP contribution >= 0.6 is 11.8 Å². The van der Waals surface area contributed by atoms with E-state index in [2.05, 4.69) is 10.6 Å². The summed E-state index contributed by atoms with van der Waals surface area (Å²) in [5.74, 6) is -0.832. The van der Waals surface area contributed by atoms with E-state index in [9.17, 15) is 14.4 Å². The highest BCUT2D eigenvalue weighted by molar-refractivity contribution is 7.98. The Kier molecular flexibility index (Phi) is 8.93. The van der Waals surface area contributed by atoms with Crippen LogP contribution < -0.4 is 10.6 Å². The first-order valence-corrected chi connectivity index (χ1v) is 9.16. The second-order valence-electron chi connectivity index (χ2n) is 5.57. The first kappa shape index (κ1) is 20.0. The molecule has 0 saturated carbocycles. The maximum Gasteiger partial charge on any atom is 0.305 e. The largest absolute Gasteiger partial charge is 0.481 e. The first-order valence-electron chi connectivity index (χ1n) is 7.76. The highest BCUT2D eigenvalue weighted by Crippen LogP contribution is 2.04. The van der Waals surface area contributed by atoms with Crippen LogP contribution in [0.1, 0.15) is 25.3 Å². The van der Waals surface area contributed by atoms with Crippen molar-refractivity contribution in [3.63, 3.8) is 0 Å². The third-order valence-electron chi connectivity index (χ3n) is 3.34. The van der Waals surface area contributed by atoms with Crippen molar-refractivity contribution in [2.24, 2.45) is 0 Å². The maximum atomic E-state index is 12.3. The summed E-state index contributed by atoms with van der Waals surface area (Å²) in [6.45, 7) is 1.63. The summed E-state index contributed by atoms with van der Waals surface area (Å²) in [5, 5.41) is 14.2. The molecule has 0 radical (unpaired) electrons. The van der Waals surface area contributed by atoms with Crippen LogP contribution in [-0.4, -0.2) is 47.0 Å². The Balaban J connectivity index is 2.61. The molecule has 24 heavy (non-hydrogen) atoms. The summed E-state index contributed by atoms with van der Waals surface area (Å²) in [4.78, 5) is 35.2. The van der Waals surface area contributed by atoms with Crippen molar-refractivity contribution in [3.05, 3.63) is 35.9 Å². The van der Waals surface area contributed by atoms with Crippen LogP contribution in [0.4, 0.5) is 0 Å². The Labute approximate surface area is 146 Å². The summed E-state index contributed by atoms with van der Waals surface area (Å²) in [7, 11) is 0. The van der Waals surface area contributed by atoms with E-state index in [4.69, 9.17) is 5.11 Å². The summed E-state index contributed by atoms with van der Waals surface area (Å²) < 4.78 is 0. The van der Waals surface area contributed by atoms with E-state index in [0.717, 1.165) is 11.3 Å². The summed E-state index contributed by atoms with van der Waals surface area (Å²) in [6, 6.07) is 8.14. The van der Waals surface area contributed by atoms with E-state index in [1.165, 1.54) is 0 Å². The van der Waals surface area contributed by atoms with E-state index in [-0.39, 0.29) is 24.7 Å². The van der Waals surface area contributed by atoms with E-state index in [0.29, 0.717) is 6.42 Å². The van der Waals surface area contributed by atoms with Gasteiger partial charge in [-0.15, -0.1) is 0 Å². The van der Waals surface area contributed by atoms with Gasteiger partial charge in [0.25, 0.3) is 0 Å². The lowest BCUT2D eigenvalue weighted by Crippen LogP contribution is -2.50. The number of rotatable bonds is 10. The number of carboxylic acid groups (broad SMARTS) is 1. The summed E-state index contributed by atoms with van der Waals surface area (Å²) in [6.07, 6.45) is 2.47. The lowest BCUT2D eigenvalue weighted by molar-refractivity contribution is -0.138. The van der Waals surface area contributed by atoms with Gasteiger partial charge in [0.05, 0.1) is 12.8 Å². The number of thioether (sulfide) groups is 1. The Bertz CT molecular complexity index is 551. The average Bonchev–Trinajstić information content (AvgIpc) is 2.51. The van der Waals surface area contributed by atoms with Gasteiger partial charge in [-0.1, -0.05) is 30.3 Å². The molecule has 0 saturated heterocycles. The van der Waals surface area contributed by atoms with Crippen LogP contribution in [0.3, 0.4) is 0 Å². The molecule has 1 aromatic rings. The van der Waals surface area contributed by atoms with Crippen molar-refractivity contribution in [1.29, 1.82) is 0 Å². The molecule has 0 spiro atoms. The maximum absolute atomic E-state index is 12.3. The highest BCUT2D eigenvalue weighted by Gasteiger charge is 2.22. The molecule has 1 aromatic carbocycles. The average molecular weight is 352 g/mol. The number of hydrogen-bond donors (Lipinski definition) is 3. The molecule has 2 atom stereocenters. The number of carbonyl (C=O) groups excluding carboxylic acids is 2. The normalized spacial score (nSPS) is 12.9. The lowest BCUT2D eigenvalue weighted by atomic mass is 10.1. The van der Waals surface area contributed by atoms with Gasteiger partial charge in [0.1, 0.15) is 6.04 Å². The number of aliphatic carboxylic acids is 1. The smallest absolute Gasteiger partial charge is 0.305 e. The van der Waals surface area contributed by atoms with Gasteiger partial charge < -0.3 is 15.7 Å². The Morgan fingerprint density at radius 1 is 1.17 bits per heavy atom. The van der Waals surface area contributed by atoms with Crippen LogP contribution in [-0.2, 0) is 20.8 Å². The molecule has 2 amide bonds. The summed E-state index contributed by atoms with van der Waals surface area (Å²) >= 11 is 1.58. The minimum absolute atomic E-state index is 0.154. The fourth-order valence-corrected chi connectivity index (χ4v) is 2.66. The molecule has 132 valence electrons. The second-order valence-corrected chi connectivity index (χ2v) is 6.56. The van der Waals surface area contributed by atoms with Crippen LogP contribution in [0, 0.1) is 0 Å². The van der Waals surface area contributed by atoms with Gasteiger partial charge in [0.15, 0.2) is 0 Å². The number of carbonyl (C=O) groups is 3. The molecule has 6 nitrogen and oxygen atoms in total. The molecule has 7 heteroatoms. The molecule has 0 aliphatic carbocycles. The molecule has 0 aliphatic rings. The molecule has 3 N–H and O–H groups in total. The first-order chi connectivity index (χ1) is 11.4. The quantitative estimate of drug-likeness (QED) is 0.592. The Morgan fingerprint density at radius 2 is 1.83 bits per heavy atom. The van der Waals surface area contributed by atoms with Gasteiger partial charge in [-0.2, -0.15) is 11.8 Å². The Morgan fingerprint density at radius 3 is 2.42 bits per heavy atom. The molecule has 0 aromatic heterocycles. The molecular weight excluding hydrogens is 328 g/mol. The molecule has 2 unspecified atom stereocenters. The van der Waals surface area contributed by atoms with Crippen LogP contribution in [0.15, 0.2) is 30.3 Å². The van der Waals surface area contributed by atoms with Gasteiger partial charge in [0, 0.05) is 6.04 Å². The predicted molar refractivity (Wildman–Crippen MR) is 94.9 cm³/mol. The predicted octanol–water partition coefficient (Wildman–Crippen LogP) is 1.45. The molecular formula is C17H24N2O4S. The number of carboxylic acids is 1. The fraction of sp³-hybridized carbons (Fsp3) is 0.471. The monoisotopic (exact) mass is 352 g/mol. The molecule has 1 rings (SSSR count). The molecule has 0 fully saturated rings. The van der Waals surface area contributed by atoms with Gasteiger partial charge in [-0.05, 0) is 30.9 Å². The van der Waals surface area contributed by atoms with E-state index in [1.807, 2.05) is 36.6 Å². The zero-order valence-corrected chi connectivity index (χ0v) is 14.8. The van der Waals surface area contributed by atoms with E-state index in [1.54, 1.807) is 18.7 Å². The fourth-order valence-electron chi connectivity index (χ4n) is 2.19. The number of hydrogen-bond acceptors (Lipinski definition) is 4. The molecule has 0 heterocycles. The van der Waals surface area contributed by atoms with Crippen LogP contribution in [0.5, 0.6) is 0 Å². The van der Waals surface area contributed by atoms with Gasteiger partial charge in [-0.3, -0.25) is 14.4 Å². The number of benzene rings is 1. The lowest BCUT2D eigenvalue weighted by Gasteiger charge is -2.20. The summed E-state index contributed by atoms with van der Waals surface area (Å²) in [5.41, 5.74) is 0.873. The zero-order chi connectivity index (χ0) is 17.9. The molecule has 0 bridgehead atoms. The van der Waals surface area contributed by atoms with E-state index < -0.39 is 18.1 Å². The van der Waals surface area contributed by atoms with Crippen LogP contribution in [0.25, 0.3) is 0 Å². The third kappa shape index (κ3) is 8.01. The van der Waals surface area contributed by atoms with Crippen molar-refractivity contribution in [2.75, 3.05) is 12.0 Å². The topological polar surface area (TPSA) is 95.5 Å². The third-order valence-corrected chi connectivity index (χ3v) is 3.98.